The highest BCUT2D eigenvalue weighted by atomic mass is 79.9. The Labute approximate surface area is 182 Å². The first kappa shape index (κ1) is 21.2. The summed E-state index contributed by atoms with van der Waals surface area (Å²) in [4.78, 5) is 12.0. The first-order chi connectivity index (χ1) is 13.8. The number of ether oxygens (including phenoxy) is 1. The summed E-state index contributed by atoms with van der Waals surface area (Å²) in [6, 6.07) is 19.9. The first-order valence-corrected chi connectivity index (χ1v) is 11.0. The van der Waals surface area contributed by atoms with Gasteiger partial charge in [0.2, 0.25) is 0 Å². The number of halogens is 2. The van der Waals surface area contributed by atoms with Crippen LogP contribution in [-0.4, -0.2) is 14.5 Å². The molecule has 0 aliphatic carbocycles. The predicted octanol–water partition coefficient (Wildman–Crippen LogP) is 5.65. The molecular weight excluding hydrogens is 480 g/mol. The monoisotopic (exact) mass is 494 g/mol. The molecule has 150 valence electrons. The van der Waals surface area contributed by atoms with Crippen LogP contribution in [0.3, 0.4) is 0 Å². The fraction of sp³-hybridized carbons (Fsp3) is 0.0500. The molecule has 0 unspecified atom stereocenters. The van der Waals surface area contributed by atoms with Gasteiger partial charge < -0.3 is 4.74 Å². The van der Waals surface area contributed by atoms with Crippen LogP contribution in [0.15, 0.2) is 82.2 Å². The zero-order chi connectivity index (χ0) is 20.9. The lowest BCUT2D eigenvalue weighted by Crippen LogP contribution is -2.16. The molecule has 1 amide bonds. The quantitative estimate of drug-likeness (QED) is 0.463. The molecule has 0 aliphatic rings. The SMILES string of the molecule is O=C(Nc1cc(S(=O)(=O)Nc2ccc(Br)cc2)ccc1Cl)OCc1ccccc1. The Kier molecular flexibility index (Phi) is 6.79. The van der Waals surface area contributed by atoms with Crippen molar-refractivity contribution in [2.75, 3.05) is 10.0 Å². The summed E-state index contributed by atoms with van der Waals surface area (Å²) in [5, 5.41) is 2.66. The standard InChI is InChI=1S/C20H16BrClN2O4S/c21-15-6-8-16(9-7-15)24-29(26,27)17-10-11-18(22)19(12-17)23-20(25)28-13-14-4-2-1-3-5-14/h1-12,24H,13H2,(H,23,25). The van der Waals surface area contributed by atoms with Crippen LogP contribution in [0.4, 0.5) is 16.2 Å². The zero-order valence-corrected chi connectivity index (χ0v) is 18.1. The Balaban J connectivity index is 1.71. The van der Waals surface area contributed by atoms with Crippen LogP contribution in [0, 0.1) is 0 Å². The largest absolute Gasteiger partial charge is 0.444 e. The van der Waals surface area contributed by atoms with Crippen molar-refractivity contribution in [2.45, 2.75) is 11.5 Å². The Morgan fingerprint density at radius 1 is 1.00 bits per heavy atom. The summed E-state index contributed by atoms with van der Waals surface area (Å²) >= 11 is 9.39. The molecule has 0 spiro atoms. The minimum Gasteiger partial charge on any atom is -0.444 e. The van der Waals surface area contributed by atoms with Crippen LogP contribution in [0.5, 0.6) is 0 Å². The number of hydrogen-bond acceptors (Lipinski definition) is 4. The lowest BCUT2D eigenvalue weighted by molar-refractivity contribution is 0.155. The van der Waals surface area contributed by atoms with Crippen LogP contribution >= 0.6 is 27.5 Å². The number of rotatable bonds is 6. The highest BCUT2D eigenvalue weighted by Crippen LogP contribution is 2.27. The molecule has 0 saturated carbocycles. The molecule has 0 saturated heterocycles. The van der Waals surface area contributed by atoms with E-state index in [2.05, 4.69) is 26.0 Å². The molecular formula is C20H16BrClN2O4S. The lowest BCUT2D eigenvalue weighted by atomic mass is 10.2. The van der Waals surface area contributed by atoms with Gasteiger partial charge in [0, 0.05) is 10.2 Å². The molecule has 3 aromatic carbocycles. The molecule has 0 fully saturated rings. The van der Waals surface area contributed by atoms with Gasteiger partial charge >= 0.3 is 6.09 Å². The van der Waals surface area contributed by atoms with Gasteiger partial charge in [0.15, 0.2) is 0 Å². The normalized spacial score (nSPS) is 11.0. The van der Waals surface area contributed by atoms with E-state index in [1.807, 2.05) is 30.3 Å². The van der Waals surface area contributed by atoms with Crippen LogP contribution < -0.4 is 10.0 Å². The maximum absolute atomic E-state index is 12.6. The summed E-state index contributed by atoms with van der Waals surface area (Å²) < 4.78 is 33.7. The minimum absolute atomic E-state index is 0.0526. The van der Waals surface area contributed by atoms with Gasteiger partial charge in [-0.05, 0) is 48.0 Å². The van der Waals surface area contributed by atoms with Crippen molar-refractivity contribution in [1.29, 1.82) is 0 Å². The second kappa shape index (κ2) is 9.30. The van der Waals surface area contributed by atoms with E-state index in [1.165, 1.54) is 18.2 Å². The molecule has 0 heterocycles. The van der Waals surface area contributed by atoms with Crippen molar-refractivity contribution >= 4 is 55.0 Å². The average Bonchev–Trinajstić information content (AvgIpc) is 2.70. The summed E-state index contributed by atoms with van der Waals surface area (Å²) in [6.45, 7) is 0.0768. The number of amides is 1. The molecule has 0 atom stereocenters. The number of benzene rings is 3. The summed E-state index contributed by atoms with van der Waals surface area (Å²) in [5.41, 5.74) is 1.35. The Morgan fingerprint density at radius 3 is 2.38 bits per heavy atom. The number of anilines is 2. The number of sulfonamides is 1. The molecule has 2 N–H and O–H groups in total. The van der Waals surface area contributed by atoms with E-state index in [9.17, 15) is 13.2 Å². The Morgan fingerprint density at radius 2 is 1.69 bits per heavy atom. The molecule has 0 bridgehead atoms. The summed E-state index contributed by atoms with van der Waals surface area (Å²) in [7, 11) is -3.87. The van der Waals surface area contributed by atoms with E-state index in [1.54, 1.807) is 24.3 Å². The third-order valence-electron chi connectivity index (χ3n) is 3.79. The van der Waals surface area contributed by atoms with Gasteiger partial charge in [-0.1, -0.05) is 57.9 Å². The van der Waals surface area contributed by atoms with Gasteiger partial charge in [0.25, 0.3) is 10.0 Å². The third-order valence-corrected chi connectivity index (χ3v) is 6.03. The van der Waals surface area contributed by atoms with Crippen LogP contribution in [0.25, 0.3) is 0 Å². The maximum atomic E-state index is 12.6. The molecule has 6 nitrogen and oxygen atoms in total. The Bertz CT molecular complexity index is 1110. The van der Waals surface area contributed by atoms with Crippen LogP contribution in [-0.2, 0) is 21.4 Å². The topological polar surface area (TPSA) is 84.5 Å². The molecule has 9 heteroatoms. The smallest absolute Gasteiger partial charge is 0.412 e. The van der Waals surface area contributed by atoms with E-state index in [-0.39, 0.29) is 22.2 Å². The molecule has 3 aromatic rings. The molecule has 0 radical (unpaired) electrons. The molecule has 29 heavy (non-hydrogen) atoms. The third kappa shape index (κ3) is 5.96. The molecule has 3 rings (SSSR count). The second-order valence-electron chi connectivity index (χ2n) is 5.94. The summed E-state index contributed by atoms with van der Waals surface area (Å²) in [5.74, 6) is 0. The van der Waals surface area contributed by atoms with Gasteiger partial charge in [-0.15, -0.1) is 0 Å². The number of carbonyl (C=O) groups is 1. The fourth-order valence-corrected chi connectivity index (χ4v) is 3.88. The highest BCUT2D eigenvalue weighted by Gasteiger charge is 2.17. The first-order valence-electron chi connectivity index (χ1n) is 8.39. The van der Waals surface area contributed by atoms with Gasteiger partial charge in [-0.2, -0.15) is 0 Å². The summed E-state index contributed by atoms with van der Waals surface area (Å²) in [6.07, 6.45) is -0.744. The van der Waals surface area contributed by atoms with E-state index in [4.69, 9.17) is 16.3 Å². The van der Waals surface area contributed by atoms with Crippen molar-refractivity contribution < 1.29 is 17.9 Å². The van der Waals surface area contributed by atoms with Gasteiger partial charge in [0.05, 0.1) is 15.6 Å². The zero-order valence-electron chi connectivity index (χ0n) is 14.9. The number of hydrogen-bond donors (Lipinski definition) is 2. The van der Waals surface area contributed by atoms with Gasteiger partial charge in [-0.25, -0.2) is 13.2 Å². The molecule has 0 aliphatic heterocycles. The van der Waals surface area contributed by atoms with Crippen molar-refractivity contribution in [3.63, 3.8) is 0 Å². The number of carbonyl (C=O) groups excluding carboxylic acids is 1. The van der Waals surface area contributed by atoms with E-state index < -0.39 is 16.1 Å². The Hall–Kier alpha value is -2.55. The number of nitrogens with one attached hydrogen (secondary N) is 2. The van der Waals surface area contributed by atoms with Crippen molar-refractivity contribution in [3.8, 4) is 0 Å². The van der Waals surface area contributed by atoms with Crippen molar-refractivity contribution in [2.24, 2.45) is 0 Å². The highest BCUT2D eigenvalue weighted by molar-refractivity contribution is 9.10. The average molecular weight is 496 g/mol. The van der Waals surface area contributed by atoms with Gasteiger partial charge in [-0.3, -0.25) is 10.0 Å². The minimum atomic E-state index is -3.87. The maximum Gasteiger partial charge on any atom is 0.412 e. The van der Waals surface area contributed by atoms with Crippen LogP contribution in [0.1, 0.15) is 5.56 Å². The molecule has 0 aromatic heterocycles. The van der Waals surface area contributed by atoms with E-state index in [0.29, 0.717) is 5.69 Å². The van der Waals surface area contributed by atoms with Crippen molar-refractivity contribution in [3.05, 3.63) is 87.9 Å². The predicted molar refractivity (Wildman–Crippen MR) is 117 cm³/mol. The van der Waals surface area contributed by atoms with E-state index in [0.717, 1.165) is 10.0 Å². The fourth-order valence-electron chi connectivity index (χ4n) is 2.37. The second-order valence-corrected chi connectivity index (χ2v) is 8.95. The van der Waals surface area contributed by atoms with E-state index >= 15 is 0 Å². The lowest BCUT2D eigenvalue weighted by Gasteiger charge is -2.12. The van der Waals surface area contributed by atoms with Gasteiger partial charge in [0.1, 0.15) is 6.61 Å². The van der Waals surface area contributed by atoms with Crippen LogP contribution in [0.2, 0.25) is 5.02 Å². The van der Waals surface area contributed by atoms with Crippen molar-refractivity contribution in [1.82, 2.24) is 0 Å².